The van der Waals surface area contributed by atoms with E-state index < -0.39 is 11.7 Å². The Balaban J connectivity index is 0.00000420. The van der Waals surface area contributed by atoms with E-state index in [0.717, 1.165) is 13.0 Å². The van der Waals surface area contributed by atoms with Crippen LogP contribution in [0.1, 0.15) is 39.9 Å². The van der Waals surface area contributed by atoms with Crippen molar-refractivity contribution in [2.24, 2.45) is 4.99 Å². The maximum atomic E-state index is 11.6. The minimum Gasteiger partial charge on any atom is -0.461 e. The highest BCUT2D eigenvalue weighted by Crippen LogP contribution is 2.14. The third kappa shape index (κ3) is 9.63. The summed E-state index contributed by atoms with van der Waals surface area (Å²) in [5.74, 6) is 2.40. The zero-order valence-electron chi connectivity index (χ0n) is 17.2. The fourth-order valence-corrected chi connectivity index (χ4v) is 2.18. The second-order valence-electron chi connectivity index (χ2n) is 6.99. The van der Waals surface area contributed by atoms with Crippen molar-refractivity contribution >= 4 is 36.0 Å². The first-order chi connectivity index (χ1) is 13.4. The molecular weight excluding hydrogens is 489 g/mol. The van der Waals surface area contributed by atoms with Gasteiger partial charge in [-0.3, -0.25) is 5.10 Å². The molecule has 162 valence electrons. The summed E-state index contributed by atoms with van der Waals surface area (Å²) in [5.41, 5.74) is -0.495. The number of ether oxygens (including phenoxy) is 1. The Morgan fingerprint density at radius 2 is 2.03 bits per heavy atom. The lowest BCUT2D eigenvalue weighted by atomic mass is 10.2. The van der Waals surface area contributed by atoms with Crippen LogP contribution in [0.3, 0.4) is 0 Å². The lowest BCUT2D eigenvalue weighted by Gasteiger charge is -2.19. The molecule has 11 heteroatoms. The summed E-state index contributed by atoms with van der Waals surface area (Å²) in [4.78, 5) is 20.4. The molecule has 0 atom stereocenters. The van der Waals surface area contributed by atoms with E-state index in [1.54, 1.807) is 18.4 Å². The van der Waals surface area contributed by atoms with Crippen LogP contribution in [0, 0.1) is 0 Å². The molecule has 0 aromatic carbocycles. The normalized spacial score (nSPS) is 11.5. The van der Waals surface area contributed by atoms with E-state index in [1.165, 1.54) is 0 Å². The number of furan rings is 1. The second kappa shape index (κ2) is 12.3. The molecule has 0 saturated heterocycles. The van der Waals surface area contributed by atoms with Crippen molar-refractivity contribution < 1.29 is 13.9 Å². The van der Waals surface area contributed by atoms with Crippen molar-refractivity contribution in [3.8, 4) is 11.6 Å². The summed E-state index contributed by atoms with van der Waals surface area (Å²) < 4.78 is 10.5. The molecule has 0 saturated carbocycles. The molecular formula is C18H30IN7O3. The molecule has 2 rings (SSSR count). The van der Waals surface area contributed by atoms with Crippen LogP contribution >= 0.6 is 24.0 Å². The van der Waals surface area contributed by atoms with Crippen LogP contribution < -0.4 is 16.0 Å². The van der Waals surface area contributed by atoms with Gasteiger partial charge in [0.15, 0.2) is 11.7 Å². The minimum absolute atomic E-state index is 0. The summed E-state index contributed by atoms with van der Waals surface area (Å²) >= 11 is 0. The molecule has 0 aliphatic carbocycles. The Kier molecular flexibility index (Phi) is 10.5. The number of aliphatic imine (C=N–C) groups is 1. The molecule has 0 fully saturated rings. The number of rotatable bonds is 8. The number of nitrogens with zero attached hydrogens (tertiary/aromatic N) is 3. The van der Waals surface area contributed by atoms with Gasteiger partial charge in [0.2, 0.25) is 5.82 Å². The van der Waals surface area contributed by atoms with E-state index in [-0.39, 0.29) is 24.0 Å². The first kappa shape index (κ1) is 24.7. The monoisotopic (exact) mass is 519 g/mol. The predicted octanol–water partition coefficient (Wildman–Crippen LogP) is 2.65. The molecule has 2 aromatic rings. The average molecular weight is 519 g/mol. The van der Waals surface area contributed by atoms with Crippen LogP contribution in [0.25, 0.3) is 11.6 Å². The Morgan fingerprint density at radius 3 is 2.69 bits per heavy atom. The third-order valence-electron chi connectivity index (χ3n) is 3.32. The maximum Gasteiger partial charge on any atom is 0.407 e. The summed E-state index contributed by atoms with van der Waals surface area (Å²) in [6, 6.07) is 3.58. The molecule has 1 amide bonds. The van der Waals surface area contributed by atoms with Crippen molar-refractivity contribution in [2.45, 2.75) is 46.3 Å². The van der Waals surface area contributed by atoms with Crippen LogP contribution in [-0.2, 0) is 11.3 Å². The van der Waals surface area contributed by atoms with E-state index in [0.29, 0.717) is 43.0 Å². The number of nitrogens with one attached hydrogen (secondary N) is 4. The van der Waals surface area contributed by atoms with E-state index in [4.69, 9.17) is 9.15 Å². The number of hydrogen-bond donors (Lipinski definition) is 4. The Bertz CT molecular complexity index is 754. The summed E-state index contributed by atoms with van der Waals surface area (Å²) in [5, 5.41) is 16.1. The zero-order valence-corrected chi connectivity index (χ0v) is 19.6. The fraction of sp³-hybridized carbons (Fsp3) is 0.556. The van der Waals surface area contributed by atoms with Crippen LogP contribution in [0.5, 0.6) is 0 Å². The molecule has 4 N–H and O–H groups in total. The molecule has 0 bridgehead atoms. The summed E-state index contributed by atoms with van der Waals surface area (Å²) in [6.45, 7) is 9.73. The van der Waals surface area contributed by atoms with E-state index in [9.17, 15) is 4.79 Å². The Hall–Kier alpha value is -2.31. The average Bonchev–Trinajstić information content (AvgIpc) is 3.29. The largest absolute Gasteiger partial charge is 0.461 e. The van der Waals surface area contributed by atoms with Gasteiger partial charge in [-0.15, -0.1) is 29.1 Å². The van der Waals surface area contributed by atoms with Crippen LogP contribution in [0.15, 0.2) is 27.8 Å². The van der Waals surface area contributed by atoms with Gasteiger partial charge in [-0.25, -0.2) is 14.8 Å². The number of carbonyl (C=O) groups is 1. The molecule has 29 heavy (non-hydrogen) atoms. The topological polar surface area (TPSA) is 129 Å². The summed E-state index contributed by atoms with van der Waals surface area (Å²) in [7, 11) is 0. The van der Waals surface area contributed by atoms with E-state index >= 15 is 0 Å². The number of aromatic amines is 1. The van der Waals surface area contributed by atoms with Gasteiger partial charge in [0.05, 0.1) is 6.26 Å². The number of guanidine groups is 1. The second-order valence-corrected chi connectivity index (χ2v) is 6.99. The van der Waals surface area contributed by atoms with Crippen LogP contribution in [0.2, 0.25) is 0 Å². The molecule has 0 spiro atoms. The SMILES string of the molecule is CCNC(=NCc1nc(-c2ccco2)n[nH]1)NCCCNC(=O)OC(C)(C)C.I. The van der Waals surface area contributed by atoms with E-state index in [1.807, 2.05) is 27.7 Å². The smallest absolute Gasteiger partial charge is 0.407 e. The molecule has 0 unspecified atom stereocenters. The Labute approximate surface area is 187 Å². The Morgan fingerprint density at radius 1 is 1.28 bits per heavy atom. The number of amides is 1. The standard InChI is InChI=1S/C18H29N7O3.HI/c1-5-19-16(20-9-7-10-21-17(26)28-18(2,3)4)22-12-14-23-15(25-24-14)13-8-6-11-27-13;/h6,8,11H,5,7,9-10,12H2,1-4H3,(H,21,26)(H2,19,20,22)(H,23,24,25);1H. The van der Waals surface area contributed by atoms with Gasteiger partial charge in [0, 0.05) is 19.6 Å². The number of carbonyl (C=O) groups excluding carboxylic acids is 1. The lowest BCUT2D eigenvalue weighted by Crippen LogP contribution is -2.39. The number of hydrogen-bond acceptors (Lipinski definition) is 6. The highest BCUT2D eigenvalue weighted by molar-refractivity contribution is 14.0. The molecule has 2 heterocycles. The molecule has 0 radical (unpaired) electrons. The minimum atomic E-state index is -0.495. The van der Waals surface area contributed by atoms with Gasteiger partial charge in [0.25, 0.3) is 0 Å². The zero-order chi connectivity index (χ0) is 20.4. The van der Waals surface area contributed by atoms with Crippen LogP contribution in [-0.4, -0.2) is 52.5 Å². The van der Waals surface area contributed by atoms with Gasteiger partial charge in [-0.05, 0) is 46.2 Å². The highest BCUT2D eigenvalue weighted by Gasteiger charge is 2.15. The van der Waals surface area contributed by atoms with Gasteiger partial charge >= 0.3 is 6.09 Å². The van der Waals surface area contributed by atoms with Crippen molar-refractivity contribution in [1.29, 1.82) is 0 Å². The van der Waals surface area contributed by atoms with Gasteiger partial charge in [0.1, 0.15) is 18.0 Å². The van der Waals surface area contributed by atoms with Gasteiger partial charge in [-0.1, -0.05) is 0 Å². The van der Waals surface area contributed by atoms with Gasteiger partial charge in [-0.2, -0.15) is 0 Å². The van der Waals surface area contributed by atoms with Gasteiger partial charge < -0.3 is 25.1 Å². The van der Waals surface area contributed by atoms with Crippen LogP contribution in [0.4, 0.5) is 4.79 Å². The van der Waals surface area contributed by atoms with E-state index in [2.05, 4.69) is 36.1 Å². The number of H-pyrrole nitrogens is 1. The molecule has 2 aromatic heterocycles. The van der Waals surface area contributed by atoms with Crippen molar-refractivity contribution in [2.75, 3.05) is 19.6 Å². The van der Waals surface area contributed by atoms with Crippen molar-refractivity contribution in [3.05, 3.63) is 24.2 Å². The quantitative estimate of drug-likeness (QED) is 0.183. The summed E-state index contributed by atoms with van der Waals surface area (Å²) in [6.07, 6.45) is 1.90. The highest BCUT2D eigenvalue weighted by atomic mass is 127. The maximum absolute atomic E-state index is 11.6. The number of alkyl carbamates (subject to hydrolysis) is 1. The fourth-order valence-electron chi connectivity index (χ4n) is 2.18. The number of aromatic nitrogens is 3. The number of halogens is 1. The molecule has 0 aliphatic rings. The van der Waals surface area contributed by atoms with Crippen molar-refractivity contribution in [3.63, 3.8) is 0 Å². The first-order valence-corrected chi connectivity index (χ1v) is 9.31. The predicted molar refractivity (Wildman–Crippen MR) is 121 cm³/mol. The molecule has 10 nitrogen and oxygen atoms in total. The lowest BCUT2D eigenvalue weighted by molar-refractivity contribution is 0.0527. The first-order valence-electron chi connectivity index (χ1n) is 9.31. The molecule has 0 aliphatic heterocycles. The van der Waals surface area contributed by atoms with Crippen molar-refractivity contribution in [1.82, 2.24) is 31.1 Å². The third-order valence-corrected chi connectivity index (χ3v) is 3.32.